The number of rotatable bonds is 5. The third-order valence-corrected chi connectivity index (χ3v) is 2.54. The van der Waals surface area contributed by atoms with Gasteiger partial charge in [0.1, 0.15) is 6.20 Å². The van der Waals surface area contributed by atoms with Crippen molar-refractivity contribution in [2.45, 2.75) is 11.9 Å². The highest BCUT2D eigenvalue weighted by atomic mass is 32.2. The van der Waals surface area contributed by atoms with E-state index >= 15 is 0 Å². The molecule has 0 aliphatic heterocycles. The molecule has 17 heavy (non-hydrogen) atoms. The van der Waals surface area contributed by atoms with Crippen LogP contribution in [0.4, 0.5) is 11.6 Å². The largest absolute Gasteiger partial charge is 0.465 e. The number of esters is 1. The van der Waals surface area contributed by atoms with Crippen LogP contribution < -0.4 is 5.73 Å². The molecule has 0 spiro atoms. The second-order valence-electron chi connectivity index (χ2n) is 2.77. The number of nitrogens with two attached hydrogens (primary N) is 1. The molecule has 0 saturated heterocycles. The standard InChI is InChI=1S/C8H10N4O4S/c1-2-16-6(13)4-17-7-5(12(14)15)3-10-8(9)11-7/h3H,2,4H2,1H3,(H2,9,10,11). The van der Waals surface area contributed by atoms with Crippen molar-refractivity contribution < 1.29 is 14.5 Å². The zero-order chi connectivity index (χ0) is 12.8. The number of carbonyl (C=O) groups excluding carboxylic acids is 1. The molecule has 0 fully saturated rings. The highest BCUT2D eigenvalue weighted by Gasteiger charge is 2.18. The first-order valence-corrected chi connectivity index (χ1v) is 5.58. The molecule has 1 rings (SSSR count). The molecule has 8 nitrogen and oxygen atoms in total. The van der Waals surface area contributed by atoms with E-state index in [4.69, 9.17) is 5.73 Å². The third-order valence-electron chi connectivity index (χ3n) is 1.58. The monoisotopic (exact) mass is 258 g/mol. The number of nitro groups is 1. The number of thioether (sulfide) groups is 1. The Morgan fingerprint density at radius 2 is 2.41 bits per heavy atom. The minimum Gasteiger partial charge on any atom is -0.465 e. The molecule has 1 heterocycles. The highest BCUT2D eigenvalue weighted by Crippen LogP contribution is 2.26. The van der Waals surface area contributed by atoms with Crippen LogP contribution >= 0.6 is 11.8 Å². The van der Waals surface area contributed by atoms with Crippen LogP contribution in [-0.4, -0.2) is 33.2 Å². The van der Waals surface area contributed by atoms with Crippen LogP contribution in [-0.2, 0) is 9.53 Å². The predicted octanol–water partition coefficient (Wildman–Crippen LogP) is 0.622. The van der Waals surface area contributed by atoms with Gasteiger partial charge in [-0.15, -0.1) is 0 Å². The van der Waals surface area contributed by atoms with E-state index < -0.39 is 10.9 Å². The van der Waals surface area contributed by atoms with Gasteiger partial charge in [-0.05, 0) is 6.92 Å². The number of ether oxygens (including phenoxy) is 1. The number of nitrogen functional groups attached to an aromatic ring is 1. The van der Waals surface area contributed by atoms with Gasteiger partial charge in [-0.3, -0.25) is 14.9 Å². The normalized spacial score (nSPS) is 9.94. The van der Waals surface area contributed by atoms with Crippen LogP contribution in [0.3, 0.4) is 0 Å². The van der Waals surface area contributed by atoms with Gasteiger partial charge in [0.15, 0.2) is 5.03 Å². The van der Waals surface area contributed by atoms with Gasteiger partial charge in [-0.25, -0.2) is 4.98 Å². The Bertz CT molecular complexity index is 440. The van der Waals surface area contributed by atoms with Gasteiger partial charge in [0.25, 0.3) is 0 Å². The first-order chi connectivity index (χ1) is 8.04. The minimum atomic E-state index is -0.632. The Hall–Kier alpha value is -1.90. The smallest absolute Gasteiger partial charge is 0.319 e. The van der Waals surface area contributed by atoms with Gasteiger partial charge in [-0.2, -0.15) is 4.98 Å². The summed E-state index contributed by atoms with van der Waals surface area (Å²) in [6, 6.07) is 0. The van der Waals surface area contributed by atoms with Crippen molar-refractivity contribution in [2.24, 2.45) is 0 Å². The molecule has 0 saturated carbocycles. The lowest BCUT2D eigenvalue weighted by Crippen LogP contribution is -2.08. The van der Waals surface area contributed by atoms with Crippen LogP contribution in [0.25, 0.3) is 0 Å². The molecule has 92 valence electrons. The number of hydrogen-bond donors (Lipinski definition) is 1. The van der Waals surface area contributed by atoms with E-state index in [-0.39, 0.29) is 29.0 Å². The van der Waals surface area contributed by atoms with Gasteiger partial charge in [0, 0.05) is 0 Å². The molecular weight excluding hydrogens is 248 g/mol. The summed E-state index contributed by atoms with van der Waals surface area (Å²) in [5.41, 5.74) is 5.03. The molecule has 0 aliphatic carbocycles. The van der Waals surface area contributed by atoms with E-state index in [1.54, 1.807) is 6.92 Å². The Morgan fingerprint density at radius 3 is 3.00 bits per heavy atom. The Balaban J connectivity index is 2.78. The fourth-order valence-corrected chi connectivity index (χ4v) is 1.71. The summed E-state index contributed by atoms with van der Waals surface area (Å²) in [5.74, 6) is -0.614. The predicted molar refractivity (Wildman–Crippen MR) is 60.5 cm³/mol. The van der Waals surface area contributed by atoms with E-state index in [0.29, 0.717) is 0 Å². The SMILES string of the molecule is CCOC(=O)CSc1nc(N)ncc1[N+](=O)[O-]. The number of aromatic nitrogens is 2. The molecule has 0 radical (unpaired) electrons. The van der Waals surface area contributed by atoms with Gasteiger partial charge >= 0.3 is 11.7 Å². The van der Waals surface area contributed by atoms with Crippen LogP contribution in [0, 0.1) is 10.1 Å². The van der Waals surface area contributed by atoms with Crippen molar-refractivity contribution in [1.82, 2.24) is 9.97 Å². The summed E-state index contributed by atoms with van der Waals surface area (Å²) in [5, 5.41) is 10.7. The van der Waals surface area contributed by atoms with E-state index in [1.807, 2.05) is 0 Å². The van der Waals surface area contributed by atoms with Crippen molar-refractivity contribution in [2.75, 3.05) is 18.1 Å². The second kappa shape index (κ2) is 5.99. The molecule has 0 aliphatic rings. The minimum absolute atomic E-state index is 0.0514. The molecule has 0 bridgehead atoms. The first-order valence-electron chi connectivity index (χ1n) is 4.60. The van der Waals surface area contributed by atoms with Gasteiger partial charge < -0.3 is 10.5 Å². The van der Waals surface area contributed by atoms with Crippen molar-refractivity contribution in [3.63, 3.8) is 0 Å². The van der Waals surface area contributed by atoms with E-state index in [2.05, 4.69) is 14.7 Å². The van der Waals surface area contributed by atoms with Crippen molar-refractivity contribution in [1.29, 1.82) is 0 Å². The number of anilines is 1. The molecule has 1 aromatic heterocycles. The maximum atomic E-state index is 11.1. The summed E-state index contributed by atoms with van der Waals surface area (Å²) in [6.07, 6.45) is 1.01. The molecule has 0 atom stereocenters. The molecule has 0 aromatic carbocycles. The van der Waals surface area contributed by atoms with Crippen LogP contribution in [0.5, 0.6) is 0 Å². The highest BCUT2D eigenvalue weighted by molar-refractivity contribution is 8.00. The molecule has 1 aromatic rings. The van der Waals surface area contributed by atoms with Crippen LogP contribution in [0.2, 0.25) is 0 Å². The fraction of sp³-hybridized carbons (Fsp3) is 0.375. The number of hydrogen-bond acceptors (Lipinski definition) is 8. The van der Waals surface area contributed by atoms with Crippen molar-refractivity contribution in [3.8, 4) is 0 Å². The zero-order valence-electron chi connectivity index (χ0n) is 8.95. The quantitative estimate of drug-likeness (QED) is 0.268. The lowest BCUT2D eigenvalue weighted by Gasteiger charge is -2.02. The lowest BCUT2D eigenvalue weighted by molar-refractivity contribution is -0.388. The van der Waals surface area contributed by atoms with Gasteiger partial charge in [0.2, 0.25) is 5.95 Å². The van der Waals surface area contributed by atoms with Gasteiger partial charge in [0.05, 0.1) is 17.3 Å². The summed E-state index contributed by atoms with van der Waals surface area (Å²) in [6.45, 7) is 1.93. The topological polar surface area (TPSA) is 121 Å². The average molecular weight is 258 g/mol. The summed E-state index contributed by atoms with van der Waals surface area (Å²) < 4.78 is 4.69. The van der Waals surface area contributed by atoms with E-state index in [1.165, 1.54) is 0 Å². The van der Waals surface area contributed by atoms with Crippen LogP contribution in [0.1, 0.15) is 6.92 Å². The molecule has 9 heteroatoms. The molecule has 2 N–H and O–H groups in total. The summed E-state index contributed by atoms with van der Waals surface area (Å²) >= 11 is 0.890. The second-order valence-corrected chi connectivity index (χ2v) is 3.73. The number of carbonyl (C=O) groups is 1. The van der Waals surface area contributed by atoms with Crippen LogP contribution in [0.15, 0.2) is 11.2 Å². The van der Waals surface area contributed by atoms with E-state index in [9.17, 15) is 14.9 Å². The zero-order valence-corrected chi connectivity index (χ0v) is 9.77. The van der Waals surface area contributed by atoms with Crippen molar-refractivity contribution >= 4 is 29.4 Å². The molecule has 0 unspecified atom stereocenters. The number of nitrogens with zero attached hydrogens (tertiary/aromatic N) is 3. The Morgan fingerprint density at radius 1 is 1.71 bits per heavy atom. The maximum absolute atomic E-state index is 11.1. The summed E-state index contributed by atoms with van der Waals surface area (Å²) in [4.78, 5) is 28.3. The van der Waals surface area contributed by atoms with E-state index in [0.717, 1.165) is 18.0 Å². The fourth-order valence-electron chi connectivity index (χ4n) is 0.934. The molecule has 0 amide bonds. The Kier molecular flexibility index (Phi) is 4.64. The van der Waals surface area contributed by atoms with Gasteiger partial charge in [-0.1, -0.05) is 11.8 Å². The molecular formula is C8H10N4O4S. The third kappa shape index (κ3) is 3.87. The summed E-state index contributed by atoms with van der Waals surface area (Å²) in [7, 11) is 0. The first kappa shape index (κ1) is 13.2. The maximum Gasteiger partial charge on any atom is 0.319 e. The lowest BCUT2D eigenvalue weighted by atomic mass is 10.5. The average Bonchev–Trinajstić information content (AvgIpc) is 2.26. The Labute approximate surface area is 101 Å². The van der Waals surface area contributed by atoms with Crippen molar-refractivity contribution in [3.05, 3.63) is 16.3 Å².